The summed E-state index contributed by atoms with van der Waals surface area (Å²) in [5.74, 6) is 1.33. The molecule has 206 valence electrons. The number of anilines is 1. The first-order chi connectivity index (χ1) is 19.4. The fraction of sp³-hybridized carbons (Fsp3) is 0.433. The van der Waals surface area contributed by atoms with Crippen LogP contribution in [-0.4, -0.2) is 49.8 Å². The Bertz CT molecular complexity index is 1640. The van der Waals surface area contributed by atoms with Crippen LogP contribution in [0.2, 0.25) is 0 Å². The summed E-state index contributed by atoms with van der Waals surface area (Å²) in [6.45, 7) is 5.57. The zero-order valence-corrected chi connectivity index (χ0v) is 22.9. The maximum absolute atomic E-state index is 13.9. The molecule has 2 aliphatic rings. The Hall–Kier alpha value is -4.10. The van der Waals surface area contributed by atoms with Crippen LogP contribution in [0.5, 0.6) is 0 Å². The fourth-order valence-electron chi connectivity index (χ4n) is 5.88. The van der Waals surface area contributed by atoms with E-state index >= 15 is 0 Å². The maximum Gasteiger partial charge on any atom is 0.252 e. The van der Waals surface area contributed by atoms with Crippen LogP contribution in [0.25, 0.3) is 11.0 Å². The van der Waals surface area contributed by atoms with Gasteiger partial charge >= 0.3 is 0 Å². The van der Waals surface area contributed by atoms with E-state index in [-0.39, 0.29) is 29.5 Å². The van der Waals surface area contributed by atoms with Gasteiger partial charge in [-0.25, -0.2) is 9.37 Å². The summed E-state index contributed by atoms with van der Waals surface area (Å²) in [4.78, 5) is 27.1. The van der Waals surface area contributed by atoms with Crippen molar-refractivity contribution in [2.24, 2.45) is 7.05 Å². The second-order valence-electron chi connectivity index (χ2n) is 10.8. The van der Waals surface area contributed by atoms with Crippen LogP contribution in [0.1, 0.15) is 74.5 Å². The number of hydrogen-bond donors (Lipinski definition) is 0. The molecule has 2 fully saturated rings. The van der Waals surface area contributed by atoms with Gasteiger partial charge in [-0.1, -0.05) is 31.1 Å². The predicted molar refractivity (Wildman–Crippen MR) is 148 cm³/mol. The number of nitrogens with zero attached hydrogens (tertiary/aromatic N) is 7. The van der Waals surface area contributed by atoms with Crippen molar-refractivity contribution in [1.29, 1.82) is 5.26 Å². The van der Waals surface area contributed by atoms with E-state index in [1.165, 1.54) is 12.1 Å². The largest absolute Gasteiger partial charge is 0.364 e. The maximum atomic E-state index is 13.9. The van der Waals surface area contributed by atoms with Gasteiger partial charge in [0.15, 0.2) is 5.82 Å². The highest BCUT2D eigenvalue weighted by Crippen LogP contribution is 2.41. The molecular weight excluding hydrogens is 509 g/mol. The number of aromatic nitrogens is 4. The zero-order valence-electron chi connectivity index (χ0n) is 22.9. The van der Waals surface area contributed by atoms with E-state index in [1.54, 1.807) is 41.9 Å². The molecule has 40 heavy (non-hydrogen) atoms. The molecule has 3 aromatic heterocycles. The van der Waals surface area contributed by atoms with Gasteiger partial charge in [0, 0.05) is 44.2 Å². The summed E-state index contributed by atoms with van der Waals surface area (Å²) >= 11 is 0. The summed E-state index contributed by atoms with van der Waals surface area (Å²) in [5, 5.41) is 13.8. The van der Waals surface area contributed by atoms with Gasteiger partial charge in [-0.3, -0.25) is 9.69 Å². The molecule has 0 N–H and O–H groups in total. The van der Waals surface area contributed by atoms with Gasteiger partial charge in [0.1, 0.15) is 29.1 Å². The van der Waals surface area contributed by atoms with Gasteiger partial charge in [0.2, 0.25) is 5.89 Å². The predicted octanol–water partition coefficient (Wildman–Crippen LogP) is 4.67. The van der Waals surface area contributed by atoms with Crippen LogP contribution < -0.4 is 10.5 Å². The minimum absolute atomic E-state index is 0.0411. The Morgan fingerprint density at radius 2 is 1.82 bits per heavy atom. The molecule has 1 aliphatic heterocycles. The third-order valence-electron chi connectivity index (χ3n) is 8.33. The first kappa shape index (κ1) is 26.1. The highest BCUT2D eigenvalue weighted by atomic mass is 19.1. The third kappa shape index (κ3) is 4.64. The van der Waals surface area contributed by atoms with Crippen LogP contribution in [0, 0.1) is 17.1 Å². The van der Waals surface area contributed by atoms with Crippen molar-refractivity contribution in [2.45, 2.75) is 63.6 Å². The zero-order chi connectivity index (χ0) is 28.0. The molecule has 6 rings (SSSR count). The minimum atomic E-state index is -0.328. The van der Waals surface area contributed by atoms with E-state index in [0.717, 1.165) is 42.8 Å². The first-order valence-electron chi connectivity index (χ1n) is 13.9. The van der Waals surface area contributed by atoms with E-state index in [4.69, 9.17) is 9.51 Å². The lowest BCUT2D eigenvalue weighted by Gasteiger charge is -2.49. The van der Waals surface area contributed by atoms with Crippen LogP contribution >= 0.6 is 0 Å². The lowest BCUT2D eigenvalue weighted by Crippen LogP contribution is -2.59. The molecule has 9 nitrogen and oxygen atoms in total. The topological polar surface area (TPSA) is 104 Å². The number of nitriles is 1. The molecular formula is C30H32FN7O2. The van der Waals surface area contributed by atoms with E-state index in [9.17, 15) is 14.4 Å². The fourth-order valence-corrected chi connectivity index (χ4v) is 5.88. The smallest absolute Gasteiger partial charge is 0.252 e. The van der Waals surface area contributed by atoms with Gasteiger partial charge in [0.05, 0.1) is 11.2 Å². The second kappa shape index (κ2) is 10.5. The normalized spacial score (nSPS) is 20.5. The number of aryl methyl sites for hydroxylation is 1. The summed E-state index contributed by atoms with van der Waals surface area (Å²) in [6.07, 6.45) is 3.78. The minimum Gasteiger partial charge on any atom is -0.364 e. The van der Waals surface area contributed by atoms with E-state index in [0.29, 0.717) is 41.6 Å². The molecule has 1 unspecified atom stereocenters. The van der Waals surface area contributed by atoms with E-state index in [1.807, 2.05) is 0 Å². The summed E-state index contributed by atoms with van der Waals surface area (Å²) in [6, 6.07) is 13.5. The number of benzene rings is 1. The van der Waals surface area contributed by atoms with Gasteiger partial charge < -0.3 is 14.0 Å². The Labute approximate surface area is 231 Å². The Morgan fingerprint density at radius 1 is 1.07 bits per heavy atom. The first-order valence-corrected chi connectivity index (χ1v) is 13.9. The van der Waals surface area contributed by atoms with Crippen molar-refractivity contribution in [3.63, 3.8) is 0 Å². The highest BCUT2D eigenvalue weighted by molar-refractivity contribution is 5.89. The van der Waals surface area contributed by atoms with Gasteiger partial charge in [-0.15, -0.1) is 0 Å². The number of hydrogen-bond acceptors (Lipinski definition) is 8. The SMILES string of the molecule is CC[C@H]1CN(C(c2ccc(F)cc2)c2nc(C3CC3)no2)[C@H](CC)CN1c1cc(=O)n(C)c2ccc(C#N)nc12. The van der Waals surface area contributed by atoms with Crippen molar-refractivity contribution >= 4 is 16.7 Å². The molecule has 0 spiro atoms. The number of piperazine rings is 1. The van der Waals surface area contributed by atoms with Crippen LogP contribution in [0.4, 0.5) is 10.1 Å². The number of pyridine rings is 2. The van der Waals surface area contributed by atoms with Crippen molar-refractivity contribution in [3.8, 4) is 6.07 Å². The summed E-state index contributed by atoms with van der Waals surface area (Å²) in [7, 11) is 1.72. The highest BCUT2D eigenvalue weighted by Gasteiger charge is 2.41. The summed E-state index contributed by atoms with van der Waals surface area (Å²) in [5.41, 5.74) is 3.16. The molecule has 1 saturated heterocycles. The average Bonchev–Trinajstić information content (AvgIpc) is 3.72. The second-order valence-corrected chi connectivity index (χ2v) is 10.8. The molecule has 0 bridgehead atoms. The van der Waals surface area contributed by atoms with Crippen LogP contribution in [0.3, 0.4) is 0 Å². The van der Waals surface area contributed by atoms with Crippen LogP contribution in [0.15, 0.2) is 51.8 Å². The Balaban J connectivity index is 1.43. The molecule has 4 heterocycles. The van der Waals surface area contributed by atoms with Crippen molar-refractivity contribution in [2.75, 3.05) is 18.0 Å². The quantitative estimate of drug-likeness (QED) is 0.332. The van der Waals surface area contributed by atoms with E-state index < -0.39 is 0 Å². The summed E-state index contributed by atoms with van der Waals surface area (Å²) < 4.78 is 21.4. The van der Waals surface area contributed by atoms with Gasteiger partial charge in [-0.05, 0) is 55.5 Å². The Kier molecular flexibility index (Phi) is 6.84. The number of rotatable bonds is 7. The molecule has 0 amide bonds. The molecule has 10 heteroatoms. The van der Waals surface area contributed by atoms with Gasteiger partial charge in [0.25, 0.3) is 5.56 Å². The Morgan fingerprint density at radius 3 is 2.50 bits per heavy atom. The monoisotopic (exact) mass is 541 g/mol. The standard InChI is InChI=1S/C30H32FN7O2/c1-4-22-17-38(28(18-8-10-20(31)11-9-18)30-34-29(35-40-30)19-6-7-19)23(5-2)16-37(22)25-14-26(39)36(3)24-13-12-21(15-32)33-27(24)25/h8-14,19,22-23,28H,4-7,16-17H2,1-3H3/t22-,23+,28?/m0/s1. The molecule has 0 radical (unpaired) electrons. The van der Waals surface area contributed by atoms with Crippen LogP contribution in [-0.2, 0) is 7.05 Å². The molecule has 4 aromatic rings. The molecule has 3 atom stereocenters. The number of fused-ring (bicyclic) bond motifs is 1. The van der Waals surface area contributed by atoms with Crippen molar-refractivity contribution in [3.05, 3.63) is 81.6 Å². The molecule has 1 aromatic carbocycles. The van der Waals surface area contributed by atoms with Crippen molar-refractivity contribution < 1.29 is 8.91 Å². The van der Waals surface area contributed by atoms with Gasteiger partial charge in [-0.2, -0.15) is 10.2 Å². The lowest BCUT2D eigenvalue weighted by atomic mass is 9.95. The number of halogens is 1. The van der Waals surface area contributed by atoms with E-state index in [2.05, 4.69) is 39.9 Å². The third-order valence-corrected chi connectivity index (χ3v) is 8.33. The average molecular weight is 542 g/mol. The molecule has 1 saturated carbocycles. The van der Waals surface area contributed by atoms with Crippen molar-refractivity contribution in [1.82, 2.24) is 24.6 Å². The lowest BCUT2D eigenvalue weighted by molar-refractivity contribution is 0.0934. The molecule has 1 aliphatic carbocycles.